The molecule has 4 rings (SSSR count). The molecule has 2 aromatic rings. The smallest absolute Gasteiger partial charge is 0.159 e. The zero-order valence-corrected chi connectivity index (χ0v) is 16.1. The van der Waals surface area contributed by atoms with Crippen LogP contribution >= 0.6 is 0 Å². The van der Waals surface area contributed by atoms with Crippen molar-refractivity contribution in [2.75, 3.05) is 14.1 Å². The van der Waals surface area contributed by atoms with E-state index in [-0.39, 0.29) is 5.92 Å². The molecule has 0 amide bonds. The van der Waals surface area contributed by atoms with Crippen LogP contribution < -0.4 is 0 Å². The summed E-state index contributed by atoms with van der Waals surface area (Å²) in [7, 11) is 4.54. The molecule has 0 aliphatic carbocycles. The Labute approximate surface area is 162 Å². The lowest BCUT2D eigenvalue weighted by molar-refractivity contribution is -0.931. The maximum absolute atomic E-state index is 13.9. The second kappa shape index (κ2) is 7.03. The standard InChI is InChI=1S/C23H24F4N/c1-28(2)17-5-6-18(28)10-14(9-17)11-19(15-3-7-20(24)22(26)12-15)16-4-8-21(25)23(27)13-16/h3-4,7-8,11-14,17-18H,5-6,9-10H2,1-2H3/q+1. The number of hydrogen-bond acceptors (Lipinski definition) is 0. The van der Waals surface area contributed by atoms with Crippen molar-refractivity contribution in [2.24, 2.45) is 5.92 Å². The highest BCUT2D eigenvalue weighted by Gasteiger charge is 2.48. The van der Waals surface area contributed by atoms with E-state index in [0.29, 0.717) is 28.8 Å². The second-order valence-electron chi connectivity index (χ2n) is 8.58. The first kappa shape index (κ1) is 19.2. The highest BCUT2D eigenvalue weighted by Crippen LogP contribution is 2.43. The minimum atomic E-state index is -0.951. The van der Waals surface area contributed by atoms with E-state index in [9.17, 15) is 17.6 Å². The Kier molecular flexibility index (Phi) is 4.82. The normalized spacial score (nSPS) is 25.6. The van der Waals surface area contributed by atoms with Gasteiger partial charge in [0.25, 0.3) is 0 Å². The SMILES string of the molecule is C[N+]1(C)C2CCC1CC(C=C(c1ccc(F)c(F)c1)c1ccc(F)c(F)c1)C2. The summed E-state index contributed by atoms with van der Waals surface area (Å²) in [6.07, 6.45) is 6.42. The maximum Gasteiger partial charge on any atom is 0.159 e. The third-order valence-electron chi connectivity index (χ3n) is 6.73. The van der Waals surface area contributed by atoms with E-state index in [2.05, 4.69) is 14.1 Å². The molecule has 1 nitrogen and oxygen atoms in total. The molecule has 2 aliphatic rings. The quantitative estimate of drug-likeness (QED) is 0.466. The van der Waals surface area contributed by atoms with Crippen molar-refractivity contribution in [3.63, 3.8) is 0 Å². The summed E-state index contributed by atoms with van der Waals surface area (Å²) in [6.45, 7) is 0. The fraction of sp³-hybridized carbons (Fsp3) is 0.391. The van der Waals surface area contributed by atoms with Gasteiger partial charge in [-0.25, -0.2) is 17.6 Å². The van der Waals surface area contributed by atoms with Gasteiger partial charge in [-0.1, -0.05) is 18.2 Å². The first-order valence-electron chi connectivity index (χ1n) is 9.71. The fourth-order valence-electron chi connectivity index (χ4n) is 4.98. The Balaban J connectivity index is 1.76. The third-order valence-corrected chi connectivity index (χ3v) is 6.73. The number of allylic oxidation sites excluding steroid dienone is 1. The Hall–Kier alpha value is -2.14. The van der Waals surface area contributed by atoms with Gasteiger partial charge in [0.05, 0.1) is 26.2 Å². The summed E-state index contributed by atoms with van der Waals surface area (Å²) in [6, 6.07) is 8.50. The van der Waals surface area contributed by atoms with Crippen molar-refractivity contribution in [1.29, 1.82) is 0 Å². The minimum absolute atomic E-state index is 0.264. The average Bonchev–Trinajstić information content (AvgIpc) is 2.82. The Bertz CT molecular complexity index is 865. The first-order chi connectivity index (χ1) is 13.3. The van der Waals surface area contributed by atoms with E-state index >= 15 is 0 Å². The molecule has 5 heteroatoms. The first-order valence-corrected chi connectivity index (χ1v) is 9.71. The van der Waals surface area contributed by atoms with Crippen molar-refractivity contribution in [3.8, 4) is 0 Å². The molecule has 0 radical (unpaired) electrons. The number of fused-ring (bicyclic) bond motifs is 2. The summed E-state index contributed by atoms with van der Waals surface area (Å²) >= 11 is 0. The monoisotopic (exact) mass is 390 g/mol. The van der Waals surface area contributed by atoms with Crippen LogP contribution in [0.25, 0.3) is 5.57 Å². The van der Waals surface area contributed by atoms with Crippen molar-refractivity contribution < 1.29 is 22.0 Å². The number of quaternary nitrogens is 1. The van der Waals surface area contributed by atoms with Crippen LogP contribution in [0.4, 0.5) is 17.6 Å². The van der Waals surface area contributed by atoms with Crippen LogP contribution in [-0.2, 0) is 0 Å². The molecular weight excluding hydrogens is 366 g/mol. The van der Waals surface area contributed by atoms with Gasteiger partial charge in [-0.3, -0.25) is 0 Å². The summed E-state index contributed by atoms with van der Waals surface area (Å²) in [5.74, 6) is -3.49. The van der Waals surface area contributed by atoms with Crippen molar-refractivity contribution in [3.05, 3.63) is 76.9 Å². The van der Waals surface area contributed by atoms with E-state index in [1.165, 1.54) is 25.0 Å². The predicted octanol–water partition coefficient (Wildman–Crippen LogP) is 5.69. The van der Waals surface area contributed by atoms with Crippen molar-refractivity contribution in [2.45, 2.75) is 37.8 Å². The molecule has 0 N–H and O–H groups in total. The number of halogens is 4. The zero-order valence-electron chi connectivity index (χ0n) is 16.1. The van der Waals surface area contributed by atoms with Gasteiger partial charge >= 0.3 is 0 Å². The van der Waals surface area contributed by atoms with Crippen LogP contribution in [-0.4, -0.2) is 30.7 Å². The predicted molar refractivity (Wildman–Crippen MR) is 101 cm³/mol. The molecule has 0 aromatic heterocycles. The largest absolute Gasteiger partial charge is 0.324 e. The van der Waals surface area contributed by atoms with Crippen LogP contribution in [0.1, 0.15) is 36.8 Å². The molecule has 0 spiro atoms. The fourth-order valence-corrected chi connectivity index (χ4v) is 4.98. The van der Waals surface area contributed by atoms with E-state index in [1.54, 1.807) is 0 Å². The van der Waals surface area contributed by atoms with Gasteiger partial charge in [0, 0.05) is 25.7 Å². The van der Waals surface area contributed by atoms with Crippen LogP contribution in [0.5, 0.6) is 0 Å². The lowest BCUT2D eigenvalue weighted by Gasteiger charge is -2.44. The van der Waals surface area contributed by atoms with E-state index in [1.807, 2.05) is 6.08 Å². The van der Waals surface area contributed by atoms with Gasteiger partial charge in [-0.05, 0) is 46.9 Å². The topological polar surface area (TPSA) is 0 Å². The molecule has 2 aromatic carbocycles. The Morgan fingerprint density at radius 3 is 1.68 bits per heavy atom. The van der Waals surface area contributed by atoms with Gasteiger partial charge < -0.3 is 4.48 Å². The van der Waals surface area contributed by atoms with Crippen LogP contribution in [0, 0.1) is 29.2 Å². The Morgan fingerprint density at radius 1 is 0.786 bits per heavy atom. The molecule has 0 saturated carbocycles. The van der Waals surface area contributed by atoms with Gasteiger partial charge in [-0.2, -0.15) is 0 Å². The molecule has 2 saturated heterocycles. The molecule has 2 atom stereocenters. The van der Waals surface area contributed by atoms with Crippen molar-refractivity contribution in [1.82, 2.24) is 0 Å². The van der Waals surface area contributed by atoms with Gasteiger partial charge in [0.15, 0.2) is 23.3 Å². The molecule has 2 bridgehead atoms. The number of nitrogens with zero attached hydrogens (tertiary/aromatic N) is 1. The number of benzene rings is 2. The molecule has 2 unspecified atom stereocenters. The van der Waals surface area contributed by atoms with E-state index < -0.39 is 23.3 Å². The summed E-state index contributed by atoms with van der Waals surface area (Å²) in [4.78, 5) is 0. The lowest BCUT2D eigenvalue weighted by atomic mass is 9.85. The highest BCUT2D eigenvalue weighted by atomic mass is 19.2. The van der Waals surface area contributed by atoms with E-state index in [0.717, 1.165) is 41.6 Å². The molecule has 2 fully saturated rings. The number of rotatable bonds is 3. The summed E-state index contributed by atoms with van der Waals surface area (Å²) in [5, 5.41) is 0. The van der Waals surface area contributed by atoms with Gasteiger partial charge in [0.1, 0.15) is 0 Å². The molecule has 28 heavy (non-hydrogen) atoms. The number of piperidine rings is 1. The number of hydrogen-bond donors (Lipinski definition) is 0. The summed E-state index contributed by atoms with van der Waals surface area (Å²) < 4.78 is 55.6. The van der Waals surface area contributed by atoms with Crippen LogP contribution in [0.2, 0.25) is 0 Å². The van der Waals surface area contributed by atoms with Crippen LogP contribution in [0.15, 0.2) is 42.5 Å². The molecular formula is C23H24F4N+. The zero-order chi connectivity index (χ0) is 20.1. The molecule has 148 valence electrons. The average molecular weight is 390 g/mol. The molecule has 2 heterocycles. The maximum atomic E-state index is 13.9. The second-order valence-corrected chi connectivity index (χ2v) is 8.58. The van der Waals surface area contributed by atoms with E-state index in [4.69, 9.17) is 0 Å². The Morgan fingerprint density at radius 2 is 1.25 bits per heavy atom. The van der Waals surface area contributed by atoms with Crippen molar-refractivity contribution >= 4 is 5.57 Å². The van der Waals surface area contributed by atoms with Gasteiger partial charge in [-0.15, -0.1) is 0 Å². The minimum Gasteiger partial charge on any atom is -0.324 e. The third kappa shape index (κ3) is 3.37. The molecule has 2 aliphatic heterocycles. The summed E-state index contributed by atoms with van der Waals surface area (Å²) in [5.41, 5.74) is 1.56. The highest BCUT2D eigenvalue weighted by molar-refractivity contribution is 5.80. The van der Waals surface area contributed by atoms with Crippen LogP contribution in [0.3, 0.4) is 0 Å². The lowest BCUT2D eigenvalue weighted by Crippen LogP contribution is -2.54. The van der Waals surface area contributed by atoms with Gasteiger partial charge in [0.2, 0.25) is 0 Å².